The van der Waals surface area contributed by atoms with Gasteiger partial charge in [-0.05, 0) is 42.0 Å². The van der Waals surface area contributed by atoms with Gasteiger partial charge in [0.2, 0.25) is 0 Å². The summed E-state index contributed by atoms with van der Waals surface area (Å²) in [6.45, 7) is 4.63. The second-order valence-corrected chi connectivity index (χ2v) is 6.36. The number of nitrogens with zero attached hydrogens (tertiary/aromatic N) is 1. The molecule has 0 saturated carbocycles. The van der Waals surface area contributed by atoms with Crippen molar-refractivity contribution in [3.8, 4) is 0 Å². The highest BCUT2D eigenvalue weighted by atomic mass is 79.9. The van der Waals surface area contributed by atoms with Crippen LogP contribution in [0.3, 0.4) is 0 Å². The van der Waals surface area contributed by atoms with Gasteiger partial charge in [-0.2, -0.15) is 0 Å². The van der Waals surface area contributed by atoms with Gasteiger partial charge in [0.25, 0.3) is 0 Å². The fourth-order valence-corrected chi connectivity index (χ4v) is 2.91. The average molecular weight is 276 g/mol. The molecule has 1 aliphatic rings. The number of fused-ring (bicyclic) bond motifs is 2. The second kappa shape index (κ2) is 3.30. The molecule has 0 aliphatic heterocycles. The molecule has 1 aliphatic carbocycles. The van der Waals surface area contributed by atoms with E-state index in [0.717, 1.165) is 22.8 Å². The van der Waals surface area contributed by atoms with E-state index in [1.54, 1.807) is 0 Å². The molecule has 16 heavy (non-hydrogen) atoms. The fourth-order valence-electron chi connectivity index (χ4n) is 2.56. The van der Waals surface area contributed by atoms with Crippen LogP contribution in [0, 0.1) is 5.41 Å². The van der Waals surface area contributed by atoms with Crippen LogP contribution in [-0.2, 0) is 12.8 Å². The Hall–Kier alpha value is -0.890. The number of aromatic nitrogens is 1. The summed E-state index contributed by atoms with van der Waals surface area (Å²) in [6, 6.07) is 8.62. The number of halogens is 1. The maximum Gasteiger partial charge on any atom is 0.0716 e. The normalized spacial score (nSPS) is 17.7. The van der Waals surface area contributed by atoms with Gasteiger partial charge in [0.05, 0.1) is 5.52 Å². The Morgan fingerprint density at radius 2 is 2.00 bits per heavy atom. The van der Waals surface area contributed by atoms with Gasteiger partial charge in [0.1, 0.15) is 0 Å². The minimum Gasteiger partial charge on any atom is -0.252 e. The van der Waals surface area contributed by atoms with Crippen molar-refractivity contribution < 1.29 is 0 Å². The molecule has 0 spiro atoms. The van der Waals surface area contributed by atoms with Crippen LogP contribution in [0.1, 0.15) is 25.1 Å². The van der Waals surface area contributed by atoms with Gasteiger partial charge in [-0.1, -0.05) is 35.8 Å². The molecule has 0 atom stereocenters. The van der Waals surface area contributed by atoms with Crippen LogP contribution < -0.4 is 0 Å². The summed E-state index contributed by atoms with van der Waals surface area (Å²) in [4.78, 5) is 4.78. The molecule has 0 saturated heterocycles. The van der Waals surface area contributed by atoms with Gasteiger partial charge in [-0.15, -0.1) is 0 Å². The highest BCUT2D eigenvalue weighted by Gasteiger charge is 2.29. The third-order valence-electron chi connectivity index (χ3n) is 3.26. The van der Waals surface area contributed by atoms with Crippen molar-refractivity contribution in [3.63, 3.8) is 0 Å². The zero-order valence-corrected chi connectivity index (χ0v) is 11.1. The van der Waals surface area contributed by atoms with Gasteiger partial charge in [-0.25, -0.2) is 0 Å². The third-order valence-corrected chi connectivity index (χ3v) is 3.76. The number of benzene rings is 1. The first-order valence-electron chi connectivity index (χ1n) is 5.62. The Kier molecular flexibility index (Phi) is 2.12. The van der Waals surface area contributed by atoms with E-state index in [0.29, 0.717) is 5.41 Å². The van der Waals surface area contributed by atoms with Crippen LogP contribution in [-0.4, -0.2) is 4.98 Å². The molecule has 1 heterocycles. The van der Waals surface area contributed by atoms with E-state index in [1.807, 2.05) is 0 Å². The summed E-state index contributed by atoms with van der Waals surface area (Å²) in [5.41, 5.74) is 4.20. The molecule has 0 N–H and O–H groups in total. The Balaban J connectivity index is 2.22. The van der Waals surface area contributed by atoms with E-state index < -0.39 is 0 Å². The Labute approximate surface area is 104 Å². The van der Waals surface area contributed by atoms with Crippen molar-refractivity contribution in [1.29, 1.82) is 0 Å². The van der Waals surface area contributed by atoms with E-state index in [1.165, 1.54) is 16.6 Å². The Bertz CT molecular complexity index is 572. The first kappa shape index (κ1) is 10.3. The van der Waals surface area contributed by atoms with E-state index in [-0.39, 0.29) is 0 Å². The highest BCUT2D eigenvalue weighted by molar-refractivity contribution is 9.10. The van der Waals surface area contributed by atoms with Crippen LogP contribution in [0.15, 0.2) is 28.7 Å². The molecule has 2 aromatic rings. The van der Waals surface area contributed by atoms with E-state index in [2.05, 4.69) is 54.0 Å². The van der Waals surface area contributed by atoms with Crippen molar-refractivity contribution in [2.45, 2.75) is 26.7 Å². The summed E-state index contributed by atoms with van der Waals surface area (Å²) in [6.07, 6.45) is 2.26. The lowest BCUT2D eigenvalue weighted by Gasteiger charge is -2.14. The number of pyridine rings is 1. The molecule has 0 amide bonds. The third kappa shape index (κ3) is 1.65. The van der Waals surface area contributed by atoms with E-state index in [4.69, 9.17) is 4.98 Å². The highest BCUT2D eigenvalue weighted by Crippen LogP contribution is 2.36. The van der Waals surface area contributed by atoms with Gasteiger partial charge in [-0.3, -0.25) is 4.98 Å². The summed E-state index contributed by atoms with van der Waals surface area (Å²) >= 11 is 3.50. The van der Waals surface area contributed by atoms with Gasteiger partial charge < -0.3 is 0 Å². The first-order chi connectivity index (χ1) is 7.53. The number of hydrogen-bond acceptors (Lipinski definition) is 1. The molecule has 0 unspecified atom stereocenters. The minimum atomic E-state index is 0.379. The molecular formula is C14H14BrN. The molecule has 0 bridgehead atoms. The van der Waals surface area contributed by atoms with Gasteiger partial charge >= 0.3 is 0 Å². The molecule has 1 aromatic carbocycles. The van der Waals surface area contributed by atoms with Crippen molar-refractivity contribution in [1.82, 2.24) is 4.98 Å². The Morgan fingerprint density at radius 3 is 2.81 bits per heavy atom. The quantitative estimate of drug-likeness (QED) is 0.705. The zero-order chi connectivity index (χ0) is 11.3. The minimum absolute atomic E-state index is 0.379. The van der Waals surface area contributed by atoms with Crippen molar-refractivity contribution in [2.75, 3.05) is 0 Å². The first-order valence-corrected chi connectivity index (χ1v) is 6.41. The summed E-state index contributed by atoms with van der Waals surface area (Å²) in [5.74, 6) is 0. The smallest absolute Gasteiger partial charge is 0.0716 e. The summed E-state index contributed by atoms with van der Waals surface area (Å²) in [7, 11) is 0. The standard InChI is InChI=1S/C14H14BrN/c1-14(2)7-10-5-9-3-4-11(15)6-12(9)16-13(10)8-14/h3-6H,7-8H2,1-2H3. The molecule has 82 valence electrons. The molecule has 0 fully saturated rings. The Morgan fingerprint density at radius 1 is 1.19 bits per heavy atom. The second-order valence-electron chi connectivity index (χ2n) is 5.45. The van der Waals surface area contributed by atoms with E-state index >= 15 is 0 Å². The predicted octanol–water partition coefficient (Wildman–Crippen LogP) is 4.12. The van der Waals surface area contributed by atoms with Crippen LogP contribution in [0.2, 0.25) is 0 Å². The number of hydrogen-bond donors (Lipinski definition) is 0. The average Bonchev–Trinajstić information content (AvgIpc) is 2.47. The SMILES string of the molecule is CC1(C)Cc2cc3ccc(Br)cc3nc2C1. The van der Waals surface area contributed by atoms with Crippen LogP contribution >= 0.6 is 15.9 Å². The van der Waals surface area contributed by atoms with Crippen molar-refractivity contribution >= 4 is 26.8 Å². The largest absolute Gasteiger partial charge is 0.252 e. The summed E-state index contributed by atoms with van der Waals surface area (Å²) < 4.78 is 1.10. The van der Waals surface area contributed by atoms with Crippen LogP contribution in [0.4, 0.5) is 0 Å². The molecule has 2 heteroatoms. The molecule has 1 aromatic heterocycles. The fraction of sp³-hybridized carbons (Fsp3) is 0.357. The van der Waals surface area contributed by atoms with Gasteiger partial charge in [0, 0.05) is 15.6 Å². The monoisotopic (exact) mass is 275 g/mol. The molecular weight excluding hydrogens is 262 g/mol. The zero-order valence-electron chi connectivity index (χ0n) is 9.55. The summed E-state index contributed by atoms with van der Waals surface area (Å²) in [5, 5.41) is 1.25. The van der Waals surface area contributed by atoms with Crippen LogP contribution in [0.5, 0.6) is 0 Å². The topological polar surface area (TPSA) is 12.9 Å². The van der Waals surface area contributed by atoms with Crippen molar-refractivity contribution in [3.05, 3.63) is 40.0 Å². The lowest BCUT2D eigenvalue weighted by Crippen LogP contribution is -2.09. The predicted molar refractivity (Wildman–Crippen MR) is 70.6 cm³/mol. The van der Waals surface area contributed by atoms with Crippen molar-refractivity contribution in [2.24, 2.45) is 5.41 Å². The van der Waals surface area contributed by atoms with Crippen LogP contribution in [0.25, 0.3) is 10.9 Å². The maximum atomic E-state index is 4.78. The lowest BCUT2D eigenvalue weighted by atomic mass is 9.90. The maximum absolute atomic E-state index is 4.78. The van der Waals surface area contributed by atoms with Gasteiger partial charge in [0.15, 0.2) is 0 Å². The molecule has 0 radical (unpaired) electrons. The molecule has 1 nitrogen and oxygen atoms in total. The lowest BCUT2D eigenvalue weighted by molar-refractivity contribution is 0.391. The molecule has 3 rings (SSSR count). The number of rotatable bonds is 0. The van der Waals surface area contributed by atoms with E-state index in [9.17, 15) is 0 Å².